The predicted octanol–water partition coefficient (Wildman–Crippen LogP) is 4.33. The number of piperidine rings is 1. The Kier molecular flexibility index (Phi) is 8.17. The van der Waals surface area contributed by atoms with Crippen LogP contribution in [0.5, 0.6) is 5.75 Å². The first-order valence-corrected chi connectivity index (χ1v) is 12.6. The largest absolute Gasteiger partial charge is 0.755 e. The molecule has 4 rings (SSSR count). The molecule has 0 aliphatic carbocycles. The van der Waals surface area contributed by atoms with Gasteiger partial charge in [-0.15, -0.1) is 0 Å². The molecule has 0 spiro atoms. The van der Waals surface area contributed by atoms with Gasteiger partial charge in [-0.2, -0.15) is 0 Å². The lowest BCUT2D eigenvalue weighted by molar-refractivity contribution is -0.140. The highest BCUT2D eigenvalue weighted by Gasteiger charge is 2.37. The van der Waals surface area contributed by atoms with E-state index in [4.69, 9.17) is 4.74 Å². The molecule has 1 fully saturated rings. The zero-order valence-corrected chi connectivity index (χ0v) is 20.4. The molecule has 7 nitrogen and oxygen atoms in total. The maximum atomic E-state index is 12.3. The fourth-order valence-corrected chi connectivity index (χ4v) is 5.43. The fraction of sp³-hybridized carbons (Fsp3) is 0.296. The summed E-state index contributed by atoms with van der Waals surface area (Å²) in [6.07, 6.45) is 1.23. The van der Waals surface area contributed by atoms with Gasteiger partial charge in [-0.1, -0.05) is 54.6 Å². The molecule has 1 N–H and O–H groups in total. The van der Waals surface area contributed by atoms with E-state index in [-0.39, 0.29) is 5.92 Å². The molecule has 0 saturated carbocycles. The molecule has 2 unspecified atom stereocenters. The van der Waals surface area contributed by atoms with Crippen LogP contribution >= 0.6 is 0 Å². The summed E-state index contributed by atoms with van der Waals surface area (Å²) in [5.74, 6) is -0.661. The Balaban J connectivity index is 1.49. The van der Waals surface area contributed by atoms with Gasteiger partial charge in [0.15, 0.2) is 0 Å². The second-order valence-electron chi connectivity index (χ2n) is 8.70. The number of nitrogens with zero attached hydrogens (tertiary/aromatic N) is 2. The van der Waals surface area contributed by atoms with Crippen molar-refractivity contribution in [3.8, 4) is 16.9 Å². The van der Waals surface area contributed by atoms with Crippen LogP contribution < -0.4 is 9.04 Å². The van der Waals surface area contributed by atoms with E-state index in [1.807, 2.05) is 42.5 Å². The highest BCUT2D eigenvalue weighted by atomic mass is 32.2. The summed E-state index contributed by atoms with van der Waals surface area (Å²) >= 11 is -2.73. The van der Waals surface area contributed by atoms with E-state index in [1.54, 1.807) is 31.4 Å². The molecule has 2 atom stereocenters. The molecule has 1 aliphatic rings. The molecule has 1 aliphatic heterocycles. The number of ether oxygens (including phenoxy) is 1. The Morgan fingerprint density at radius 1 is 1.03 bits per heavy atom. The molecular formula is C27H29N2O5S-. The van der Waals surface area contributed by atoms with Crippen LogP contribution in [0.15, 0.2) is 78.9 Å². The van der Waals surface area contributed by atoms with Crippen LogP contribution in [-0.4, -0.2) is 51.0 Å². The topological polar surface area (TPSA) is 93.1 Å². The van der Waals surface area contributed by atoms with Crippen molar-refractivity contribution in [3.05, 3.63) is 84.4 Å². The zero-order valence-electron chi connectivity index (χ0n) is 19.6. The van der Waals surface area contributed by atoms with Gasteiger partial charge in [0.25, 0.3) is 0 Å². The van der Waals surface area contributed by atoms with Gasteiger partial charge < -0.3 is 14.4 Å². The summed E-state index contributed by atoms with van der Waals surface area (Å²) in [6, 6.07) is 23.5. The zero-order chi connectivity index (χ0) is 24.8. The van der Waals surface area contributed by atoms with Crippen molar-refractivity contribution in [3.63, 3.8) is 0 Å². The van der Waals surface area contributed by atoms with E-state index in [9.17, 15) is 18.7 Å². The van der Waals surface area contributed by atoms with Gasteiger partial charge in [-0.25, -0.2) is 4.79 Å². The average Bonchev–Trinajstić information content (AvgIpc) is 2.88. The lowest BCUT2D eigenvalue weighted by Crippen LogP contribution is -2.50. The molecule has 0 radical (unpaired) electrons. The average molecular weight is 494 g/mol. The lowest BCUT2D eigenvalue weighted by Gasteiger charge is -2.40. The van der Waals surface area contributed by atoms with Crippen molar-refractivity contribution < 1.29 is 23.4 Å². The second-order valence-corrected chi connectivity index (χ2v) is 9.53. The fourth-order valence-electron chi connectivity index (χ4n) is 4.69. The smallest absolute Gasteiger partial charge is 0.327 e. The van der Waals surface area contributed by atoms with Crippen LogP contribution in [0.3, 0.4) is 0 Å². The number of carbonyl (C=O) groups is 1. The lowest BCUT2D eigenvalue weighted by atomic mass is 9.88. The number of carboxylic acids is 1. The maximum absolute atomic E-state index is 12.3. The molecule has 3 aromatic rings. The van der Waals surface area contributed by atoms with E-state index in [2.05, 4.69) is 17.0 Å². The number of rotatable bonds is 9. The highest BCUT2D eigenvalue weighted by Crippen LogP contribution is 2.31. The number of aliphatic carboxylic acids is 1. The second kappa shape index (κ2) is 11.5. The molecule has 8 heteroatoms. The quantitative estimate of drug-likeness (QED) is 0.446. The van der Waals surface area contributed by atoms with Gasteiger partial charge in [0.05, 0.1) is 7.11 Å². The standard InChI is InChI=1S/C27H30N2O5S/c1-34-25-13-9-22(10-14-25)21-7-11-24(12-8-21)29(35(32)33)26(27(30)31)23-15-17-28(18-16-23)19-20-5-3-2-4-6-20/h2-14,23,26H,15-19H2,1H3,(H,30,31)(H,32,33)/p-1. The Morgan fingerprint density at radius 2 is 1.60 bits per heavy atom. The summed E-state index contributed by atoms with van der Waals surface area (Å²) < 4.78 is 30.7. The van der Waals surface area contributed by atoms with Crippen LogP contribution in [0, 0.1) is 5.92 Å². The number of methoxy groups -OCH3 is 1. The minimum atomic E-state index is -2.73. The first kappa shape index (κ1) is 24.9. The van der Waals surface area contributed by atoms with Gasteiger partial charge >= 0.3 is 5.97 Å². The van der Waals surface area contributed by atoms with E-state index >= 15 is 0 Å². The first-order valence-electron chi connectivity index (χ1n) is 11.6. The van der Waals surface area contributed by atoms with E-state index in [1.165, 1.54) is 5.56 Å². The molecule has 1 saturated heterocycles. The predicted molar refractivity (Wildman–Crippen MR) is 136 cm³/mol. The van der Waals surface area contributed by atoms with Crippen molar-refractivity contribution >= 4 is 22.9 Å². The molecule has 35 heavy (non-hydrogen) atoms. The minimum absolute atomic E-state index is 0.279. The van der Waals surface area contributed by atoms with Crippen LogP contribution in [0.25, 0.3) is 11.1 Å². The van der Waals surface area contributed by atoms with Crippen LogP contribution in [0.4, 0.5) is 5.69 Å². The van der Waals surface area contributed by atoms with Gasteiger partial charge in [0.1, 0.15) is 11.8 Å². The first-order chi connectivity index (χ1) is 17.0. The number of hydrogen-bond donors (Lipinski definition) is 1. The van der Waals surface area contributed by atoms with E-state index < -0.39 is 23.3 Å². The summed E-state index contributed by atoms with van der Waals surface area (Å²) in [5, 5.41) is 10.0. The van der Waals surface area contributed by atoms with Gasteiger partial charge in [0, 0.05) is 23.5 Å². The van der Waals surface area contributed by atoms with Crippen LogP contribution in [0.2, 0.25) is 0 Å². The molecule has 184 valence electrons. The van der Waals surface area contributed by atoms with Crippen LogP contribution in [0.1, 0.15) is 18.4 Å². The van der Waals surface area contributed by atoms with E-state index in [0.717, 1.165) is 40.8 Å². The molecule has 3 aromatic carbocycles. The molecule has 0 amide bonds. The number of benzene rings is 3. The minimum Gasteiger partial charge on any atom is -0.755 e. The van der Waals surface area contributed by atoms with Crippen LogP contribution in [-0.2, 0) is 22.6 Å². The monoisotopic (exact) mass is 493 g/mol. The Morgan fingerprint density at radius 3 is 2.11 bits per heavy atom. The van der Waals surface area contributed by atoms with Gasteiger partial charge in [0.2, 0.25) is 0 Å². The number of carboxylic acid groups (broad SMARTS) is 1. The number of hydrogen-bond acceptors (Lipinski definition) is 5. The van der Waals surface area contributed by atoms with Crippen molar-refractivity contribution in [2.24, 2.45) is 5.92 Å². The maximum Gasteiger partial charge on any atom is 0.327 e. The summed E-state index contributed by atoms with van der Waals surface area (Å²) in [6.45, 7) is 2.24. The van der Waals surface area contributed by atoms with Crippen molar-refractivity contribution in [2.45, 2.75) is 25.4 Å². The third-order valence-electron chi connectivity index (χ3n) is 6.54. The highest BCUT2D eigenvalue weighted by molar-refractivity contribution is 7.80. The molecule has 1 heterocycles. The Labute approximate surface area is 208 Å². The van der Waals surface area contributed by atoms with Crippen molar-refractivity contribution in [1.29, 1.82) is 0 Å². The third kappa shape index (κ3) is 6.08. The van der Waals surface area contributed by atoms with E-state index in [0.29, 0.717) is 18.5 Å². The molecule has 0 bridgehead atoms. The Bertz CT molecular complexity index is 1130. The summed E-state index contributed by atoms with van der Waals surface area (Å²) in [5.41, 5.74) is 3.40. The van der Waals surface area contributed by atoms with Gasteiger partial charge in [-0.05, 0) is 72.8 Å². The summed E-state index contributed by atoms with van der Waals surface area (Å²) in [4.78, 5) is 14.6. The van der Waals surface area contributed by atoms with Crippen molar-refractivity contribution in [2.75, 3.05) is 24.5 Å². The van der Waals surface area contributed by atoms with Crippen molar-refractivity contribution in [1.82, 2.24) is 4.90 Å². The number of likely N-dealkylation sites (tertiary alicyclic amines) is 1. The normalized spacial score (nSPS) is 16.4. The molecule has 0 aromatic heterocycles. The number of anilines is 1. The Hall–Kier alpha value is -3.20. The molecular weight excluding hydrogens is 464 g/mol. The third-order valence-corrected chi connectivity index (χ3v) is 7.30. The van der Waals surface area contributed by atoms with Gasteiger partial charge in [-0.3, -0.25) is 13.4 Å². The summed E-state index contributed by atoms with van der Waals surface area (Å²) in [7, 11) is 1.60. The SMILES string of the molecule is COc1ccc(-c2ccc(N(C(C(=O)O)C3CCN(Cc4ccccc4)CC3)S(=O)[O-])cc2)cc1.